The molecule has 42 heavy (non-hydrogen) atoms. The zero-order chi connectivity index (χ0) is 30.6. The van der Waals surface area contributed by atoms with Crippen molar-refractivity contribution in [1.29, 1.82) is 0 Å². The molecule has 0 amide bonds. The Hall–Kier alpha value is -3.90. The maximum Gasteiger partial charge on any atom is 0.344 e. The molecule has 0 N–H and O–H groups in total. The van der Waals surface area contributed by atoms with Gasteiger partial charge < -0.3 is 23.7 Å². The number of methoxy groups -OCH3 is 2. The molecule has 2 aromatic carbocycles. The van der Waals surface area contributed by atoms with Crippen LogP contribution in [-0.2, 0) is 19.1 Å². The van der Waals surface area contributed by atoms with E-state index in [4.69, 9.17) is 23.7 Å². The third kappa shape index (κ3) is 6.60. The van der Waals surface area contributed by atoms with Crippen LogP contribution >= 0.6 is 27.3 Å². The first-order valence-electron chi connectivity index (χ1n) is 13.1. The van der Waals surface area contributed by atoms with Crippen molar-refractivity contribution in [2.45, 2.75) is 39.8 Å². The second kappa shape index (κ2) is 13.4. The number of esters is 2. The van der Waals surface area contributed by atoms with Crippen LogP contribution in [0.3, 0.4) is 0 Å². The summed E-state index contributed by atoms with van der Waals surface area (Å²) in [4.78, 5) is 44.1. The molecule has 0 bridgehead atoms. The van der Waals surface area contributed by atoms with Gasteiger partial charge in [-0.2, -0.15) is 0 Å². The molecule has 2 heterocycles. The van der Waals surface area contributed by atoms with E-state index in [0.717, 1.165) is 4.47 Å². The van der Waals surface area contributed by atoms with Crippen molar-refractivity contribution in [2.24, 2.45) is 4.99 Å². The fourth-order valence-corrected chi connectivity index (χ4v) is 5.88. The number of nitrogens with zero attached hydrogens (tertiary/aromatic N) is 2. The maximum absolute atomic E-state index is 14.0. The largest absolute Gasteiger partial charge is 0.496 e. The highest BCUT2D eigenvalue weighted by molar-refractivity contribution is 9.10. The van der Waals surface area contributed by atoms with E-state index in [-0.39, 0.29) is 30.5 Å². The summed E-state index contributed by atoms with van der Waals surface area (Å²) < 4.78 is 29.8. The van der Waals surface area contributed by atoms with Crippen molar-refractivity contribution in [3.63, 3.8) is 0 Å². The van der Waals surface area contributed by atoms with Gasteiger partial charge in [0.05, 0.1) is 42.7 Å². The third-order valence-electron chi connectivity index (χ3n) is 6.21. The number of hydrogen-bond donors (Lipinski definition) is 0. The standard InChI is InChI=1S/C30H31BrN2O8S/c1-7-39-25(34)15-40-22-10-8-18(12-23(22)38-6)13-24-28(35)33-27(20-14-19(31)9-11-21(20)37-5)26(29(36)41-16(2)3)17(4)32-30(33)42-24/h8-14,16,27H,7,15H2,1-6H3/b24-13-/t27-/m0/s1. The smallest absolute Gasteiger partial charge is 0.344 e. The van der Waals surface area contributed by atoms with Crippen molar-refractivity contribution in [3.05, 3.63) is 83.0 Å². The first kappa shape index (κ1) is 31.0. The SMILES string of the molecule is CCOC(=O)COc1ccc(/C=c2\sc3n(c2=O)[C@@H](c2cc(Br)ccc2OC)C(C(=O)OC(C)C)=C(C)N=3)cc1OC. The predicted octanol–water partition coefficient (Wildman–Crippen LogP) is 3.91. The monoisotopic (exact) mass is 658 g/mol. The quantitative estimate of drug-likeness (QED) is 0.301. The summed E-state index contributed by atoms with van der Waals surface area (Å²) in [7, 11) is 3.02. The first-order valence-corrected chi connectivity index (χ1v) is 14.7. The number of aromatic nitrogens is 1. The summed E-state index contributed by atoms with van der Waals surface area (Å²) in [5.41, 5.74) is 1.63. The molecule has 1 aromatic heterocycles. The van der Waals surface area contributed by atoms with E-state index in [0.29, 0.717) is 43.4 Å². The lowest BCUT2D eigenvalue weighted by atomic mass is 9.95. The minimum Gasteiger partial charge on any atom is -0.496 e. The van der Waals surface area contributed by atoms with Crippen LogP contribution in [0, 0.1) is 0 Å². The van der Waals surface area contributed by atoms with Gasteiger partial charge >= 0.3 is 11.9 Å². The second-order valence-electron chi connectivity index (χ2n) is 9.43. The molecule has 222 valence electrons. The van der Waals surface area contributed by atoms with E-state index in [1.807, 2.05) is 12.1 Å². The number of carbonyl (C=O) groups excluding carboxylic acids is 2. The molecule has 4 rings (SSSR count). The van der Waals surface area contributed by atoms with E-state index in [9.17, 15) is 14.4 Å². The van der Waals surface area contributed by atoms with Gasteiger partial charge in [-0.25, -0.2) is 14.6 Å². The Bertz CT molecular complexity index is 1720. The number of ether oxygens (including phenoxy) is 5. The lowest BCUT2D eigenvalue weighted by Gasteiger charge is -2.26. The average molecular weight is 660 g/mol. The Kier molecular flexibility index (Phi) is 9.89. The van der Waals surface area contributed by atoms with Gasteiger partial charge in [-0.3, -0.25) is 9.36 Å². The van der Waals surface area contributed by atoms with E-state index in [2.05, 4.69) is 20.9 Å². The van der Waals surface area contributed by atoms with Gasteiger partial charge in [0, 0.05) is 10.0 Å². The fourth-order valence-electron chi connectivity index (χ4n) is 4.46. The topological polar surface area (TPSA) is 115 Å². The van der Waals surface area contributed by atoms with Crippen LogP contribution in [-0.4, -0.2) is 50.0 Å². The number of benzene rings is 2. The van der Waals surface area contributed by atoms with Crippen molar-refractivity contribution in [3.8, 4) is 17.2 Å². The van der Waals surface area contributed by atoms with Crippen molar-refractivity contribution < 1.29 is 33.3 Å². The Labute approximate surface area is 255 Å². The summed E-state index contributed by atoms with van der Waals surface area (Å²) in [6.45, 7) is 6.96. The van der Waals surface area contributed by atoms with Crippen LogP contribution in [0.1, 0.15) is 44.9 Å². The lowest BCUT2D eigenvalue weighted by molar-refractivity contribution is -0.145. The number of allylic oxidation sites excluding steroid dienone is 1. The molecule has 0 unspecified atom stereocenters. The number of carbonyl (C=O) groups is 2. The Morgan fingerprint density at radius 3 is 2.48 bits per heavy atom. The summed E-state index contributed by atoms with van der Waals surface area (Å²) >= 11 is 4.71. The molecule has 0 saturated carbocycles. The number of halogens is 1. The Morgan fingerprint density at radius 1 is 1.10 bits per heavy atom. The molecular weight excluding hydrogens is 628 g/mol. The van der Waals surface area contributed by atoms with Crippen molar-refractivity contribution >= 4 is 45.3 Å². The van der Waals surface area contributed by atoms with Crippen LogP contribution in [0.5, 0.6) is 17.2 Å². The van der Waals surface area contributed by atoms with Gasteiger partial charge in [-0.1, -0.05) is 33.3 Å². The van der Waals surface area contributed by atoms with Crippen LogP contribution in [0.25, 0.3) is 6.08 Å². The van der Waals surface area contributed by atoms with Crippen LogP contribution in [0.2, 0.25) is 0 Å². The van der Waals surface area contributed by atoms with Crippen LogP contribution in [0.4, 0.5) is 0 Å². The van der Waals surface area contributed by atoms with E-state index in [1.165, 1.54) is 30.1 Å². The Morgan fingerprint density at radius 2 is 1.81 bits per heavy atom. The van der Waals surface area contributed by atoms with E-state index in [1.54, 1.807) is 58.0 Å². The summed E-state index contributed by atoms with van der Waals surface area (Å²) in [6, 6.07) is 9.67. The van der Waals surface area contributed by atoms with Gasteiger partial charge in [0.15, 0.2) is 22.9 Å². The first-order chi connectivity index (χ1) is 20.1. The molecular formula is C30H31BrN2O8S. The molecule has 1 aliphatic heterocycles. The van der Waals surface area contributed by atoms with Gasteiger partial charge in [-0.05, 0) is 69.7 Å². The molecule has 10 nitrogen and oxygen atoms in total. The number of rotatable bonds is 10. The number of hydrogen-bond acceptors (Lipinski definition) is 10. The third-order valence-corrected chi connectivity index (χ3v) is 7.68. The highest BCUT2D eigenvalue weighted by atomic mass is 79.9. The molecule has 0 fully saturated rings. The predicted molar refractivity (Wildman–Crippen MR) is 161 cm³/mol. The molecule has 12 heteroatoms. The molecule has 0 radical (unpaired) electrons. The zero-order valence-electron chi connectivity index (χ0n) is 24.1. The molecule has 1 aliphatic rings. The maximum atomic E-state index is 14.0. The molecule has 0 spiro atoms. The van der Waals surface area contributed by atoms with E-state index >= 15 is 0 Å². The van der Waals surface area contributed by atoms with Gasteiger partial charge in [0.2, 0.25) is 0 Å². The fraction of sp³-hybridized carbons (Fsp3) is 0.333. The lowest BCUT2D eigenvalue weighted by Crippen LogP contribution is -2.40. The van der Waals surface area contributed by atoms with Gasteiger partial charge in [0.25, 0.3) is 5.56 Å². The number of fused-ring (bicyclic) bond motifs is 1. The highest BCUT2D eigenvalue weighted by Gasteiger charge is 2.35. The minimum absolute atomic E-state index is 0.254. The average Bonchev–Trinajstić information content (AvgIpc) is 3.24. The van der Waals surface area contributed by atoms with Gasteiger partial charge in [-0.15, -0.1) is 0 Å². The molecule has 3 aromatic rings. The molecule has 0 saturated heterocycles. The zero-order valence-corrected chi connectivity index (χ0v) is 26.5. The molecule has 0 aliphatic carbocycles. The van der Waals surface area contributed by atoms with Crippen LogP contribution < -0.4 is 29.1 Å². The van der Waals surface area contributed by atoms with Crippen molar-refractivity contribution in [1.82, 2.24) is 4.57 Å². The summed E-state index contributed by atoms with van der Waals surface area (Å²) in [5.74, 6) is 0.191. The number of thiazole rings is 1. The molecule has 1 atom stereocenters. The van der Waals surface area contributed by atoms with Crippen LogP contribution in [0.15, 0.2) is 61.9 Å². The normalized spacial score (nSPS) is 14.8. The van der Waals surface area contributed by atoms with Gasteiger partial charge in [0.1, 0.15) is 11.8 Å². The van der Waals surface area contributed by atoms with E-state index < -0.39 is 18.0 Å². The summed E-state index contributed by atoms with van der Waals surface area (Å²) in [5, 5.41) is 0. The highest BCUT2D eigenvalue weighted by Crippen LogP contribution is 2.37. The minimum atomic E-state index is -0.838. The summed E-state index contributed by atoms with van der Waals surface area (Å²) in [6.07, 6.45) is 1.34. The Balaban J connectivity index is 1.84. The van der Waals surface area contributed by atoms with Crippen molar-refractivity contribution in [2.75, 3.05) is 27.4 Å². The second-order valence-corrected chi connectivity index (χ2v) is 11.4.